The smallest absolute Gasteiger partial charge is 0.188 e. The highest BCUT2D eigenvalue weighted by atomic mass is 35.5. The number of nitrogens with one attached hydrogen (secondary N) is 1. The lowest BCUT2D eigenvalue weighted by Gasteiger charge is -2.23. The molecule has 0 radical (unpaired) electrons. The van der Waals surface area contributed by atoms with Gasteiger partial charge in [0.15, 0.2) is 5.96 Å². The van der Waals surface area contributed by atoms with E-state index in [2.05, 4.69) is 37.1 Å². The molecule has 0 spiro atoms. The minimum Gasteiger partial charge on any atom is -0.370 e. The molecule has 106 valence electrons. The molecular formula is C15H24ClN3. The fraction of sp³-hybridized carbons (Fsp3) is 0.533. The molecule has 0 heterocycles. The Morgan fingerprint density at radius 3 is 2.79 bits per heavy atom. The number of guanidine groups is 1. The Kier molecular flexibility index (Phi) is 6.16. The van der Waals surface area contributed by atoms with Gasteiger partial charge in [0, 0.05) is 18.1 Å². The van der Waals surface area contributed by atoms with Gasteiger partial charge in [0.2, 0.25) is 0 Å². The van der Waals surface area contributed by atoms with E-state index in [4.69, 9.17) is 17.3 Å². The molecule has 1 aromatic rings. The highest BCUT2D eigenvalue weighted by Crippen LogP contribution is 2.23. The topological polar surface area (TPSA) is 50.4 Å². The molecule has 0 aliphatic carbocycles. The van der Waals surface area contributed by atoms with E-state index in [1.165, 1.54) is 5.56 Å². The standard InChI is InChI=1S/C15H24ClN3/c1-4-8-18-14(17)19-11-15(2,3)10-12-6-5-7-13(16)9-12/h5-7,9H,4,8,10-11H2,1-3H3,(H3,17,18,19). The molecule has 3 N–H and O–H groups in total. The number of hydrogen-bond donors (Lipinski definition) is 2. The van der Waals surface area contributed by atoms with Crippen LogP contribution < -0.4 is 11.1 Å². The van der Waals surface area contributed by atoms with Crippen LogP contribution in [0.25, 0.3) is 0 Å². The lowest BCUT2D eigenvalue weighted by atomic mass is 9.86. The summed E-state index contributed by atoms with van der Waals surface area (Å²) in [5.74, 6) is 0.529. The number of nitrogens with two attached hydrogens (primary N) is 1. The molecule has 0 aliphatic rings. The molecule has 0 bridgehead atoms. The molecule has 0 atom stereocenters. The van der Waals surface area contributed by atoms with Gasteiger partial charge in [-0.15, -0.1) is 0 Å². The SMILES string of the molecule is CCCNC(N)=NCC(C)(C)Cc1cccc(Cl)c1. The molecule has 0 fully saturated rings. The normalized spacial score (nSPS) is 12.5. The highest BCUT2D eigenvalue weighted by molar-refractivity contribution is 6.30. The Balaban J connectivity index is 2.56. The molecule has 1 aromatic carbocycles. The van der Waals surface area contributed by atoms with E-state index in [9.17, 15) is 0 Å². The summed E-state index contributed by atoms with van der Waals surface area (Å²) in [6, 6.07) is 7.97. The van der Waals surface area contributed by atoms with Crippen molar-refractivity contribution in [3.8, 4) is 0 Å². The van der Waals surface area contributed by atoms with Crippen molar-refractivity contribution >= 4 is 17.6 Å². The number of hydrogen-bond acceptors (Lipinski definition) is 1. The summed E-state index contributed by atoms with van der Waals surface area (Å²) in [5, 5.41) is 3.86. The van der Waals surface area contributed by atoms with E-state index in [1.807, 2.05) is 18.2 Å². The van der Waals surface area contributed by atoms with Crippen LogP contribution in [-0.2, 0) is 6.42 Å². The molecule has 0 saturated heterocycles. The molecular weight excluding hydrogens is 258 g/mol. The first kappa shape index (κ1) is 15.8. The van der Waals surface area contributed by atoms with Crippen LogP contribution in [0.3, 0.4) is 0 Å². The Bertz CT molecular complexity index is 427. The predicted molar refractivity (Wildman–Crippen MR) is 83.7 cm³/mol. The van der Waals surface area contributed by atoms with E-state index >= 15 is 0 Å². The Hall–Kier alpha value is -1.22. The molecule has 1 rings (SSSR count). The van der Waals surface area contributed by atoms with Crippen molar-refractivity contribution in [1.29, 1.82) is 0 Å². The van der Waals surface area contributed by atoms with Gasteiger partial charge in [0.25, 0.3) is 0 Å². The lowest BCUT2D eigenvalue weighted by molar-refractivity contribution is 0.377. The van der Waals surface area contributed by atoms with Crippen LogP contribution in [0, 0.1) is 5.41 Å². The van der Waals surface area contributed by atoms with Crippen LogP contribution >= 0.6 is 11.6 Å². The maximum absolute atomic E-state index is 6.00. The van der Waals surface area contributed by atoms with Gasteiger partial charge in [-0.2, -0.15) is 0 Å². The van der Waals surface area contributed by atoms with Crippen molar-refractivity contribution in [3.05, 3.63) is 34.9 Å². The van der Waals surface area contributed by atoms with Crippen LogP contribution in [0.2, 0.25) is 5.02 Å². The second kappa shape index (κ2) is 7.39. The van der Waals surface area contributed by atoms with Crippen LogP contribution in [0.5, 0.6) is 0 Å². The summed E-state index contributed by atoms with van der Waals surface area (Å²) in [4.78, 5) is 4.40. The molecule has 0 amide bonds. The van der Waals surface area contributed by atoms with Gasteiger partial charge in [0.05, 0.1) is 0 Å². The fourth-order valence-corrected chi connectivity index (χ4v) is 2.08. The maximum atomic E-state index is 6.00. The first-order valence-electron chi connectivity index (χ1n) is 6.71. The van der Waals surface area contributed by atoms with Crippen molar-refractivity contribution in [3.63, 3.8) is 0 Å². The number of nitrogens with zero attached hydrogens (tertiary/aromatic N) is 1. The van der Waals surface area contributed by atoms with Crippen molar-refractivity contribution in [2.75, 3.05) is 13.1 Å². The van der Waals surface area contributed by atoms with Crippen LogP contribution in [0.4, 0.5) is 0 Å². The predicted octanol–water partition coefficient (Wildman–Crippen LogP) is 3.22. The number of halogens is 1. The second-order valence-electron chi connectivity index (χ2n) is 5.60. The van der Waals surface area contributed by atoms with Crippen molar-refractivity contribution in [1.82, 2.24) is 5.32 Å². The number of rotatable bonds is 6. The number of aliphatic imine (C=N–C) groups is 1. The summed E-state index contributed by atoms with van der Waals surface area (Å²) >= 11 is 6.00. The highest BCUT2D eigenvalue weighted by Gasteiger charge is 2.18. The summed E-state index contributed by atoms with van der Waals surface area (Å²) in [6.07, 6.45) is 1.97. The zero-order valence-electron chi connectivity index (χ0n) is 12.0. The average molecular weight is 282 g/mol. The van der Waals surface area contributed by atoms with E-state index in [1.54, 1.807) is 0 Å². The molecule has 19 heavy (non-hydrogen) atoms. The zero-order chi connectivity index (χ0) is 14.3. The van der Waals surface area contributed by atoms with Crippen molar-refractivity contribution in [2.24, 2.45) is 16.1 Å². The van der Waals surface area contributed by atoms with Gasteiger partial charge in [-0.05, 0) is 36.0 Å². The van der Waals surface area contributed by atoms with Gasteiger partial charge in [-0.25, -0.2) is 0 Å². The third-order valence-electron chi connectivity index (χ3n) is 2.81. The molecule has 0 saturated carbocycles. The van der Waals surface area contributed by atoms with Crippen molar-refractivity contribution in [2.45, 2.75) is 33.6 Å². The summed E-state index contributed by atoms with van der Waals surface area (Å²) in [6.45, 7) is 8.03. The molecule has 0 unspecified atom stereocenters. The molecule has 0 aromatic heterocycles. The summed E-state index contributed by atoms with van der Waals surface area (Å²) < 4.78 is 0. The third-order valence-corrected chi connectivity index (χ3v) is 3.04. The summed E-state index contributed by atoms with van der Waals surface area (Å²) in [7, 11) is 0. The van der Waals surface area contributed by atoms with E-state index in [-0.39, 0.29) is 5.41 Å². The monoisotopic (exact) mass is 281 g/mol. The maximum Gasteiger partial charge on any atom is 0.188 e. The zero-order valence-corrected chi connectivity index (χ0v) is 12.8. The van der Waals surface area contributed by atoms with Crippen LogP contribution in [-0.4, -0.2) is 19.0 Å². The van der Waals surface area contributed by atoms with Gasteiger partial charge < -0.3 is 11.1 Å². The molecule has 4 heteroatoms. The van der Waals surface area contributed by atoms with Gasteiger partial charge in [0.1, 0.15) is 0 Å². The van der Waals surface area contributed by atoms with Crippen LogP contribution in [0.15, 0.2) is 29.3 Å². The first-order valence-corrected chi connectivity index (χ1v) is 7.09. The lowest BCUT2D eigenvalue weighted by Crippen LogP contribution is -2.33. The van der Waals surface area contributed by atoms with E-state index in [0.717, 1.165) is 24.4 Å². The van der Waals surface area contributed by atoms with Crippen LogP contribution in [0.1, 0.15) is 32.8 Å². The minimum absolute atomic E-state index is 0.0587. The second-order valence-corrected chi connectivity index (χ2v) is 6.04. The Morgan fingerprint density at radius 2 is 2.16 bits per heavy atom. The fourth-order valence-electron chi connectivity index (χ4n) is 1.86. The molecule has 3 nitrogen and oxygen atoms in total. The largest absolute Gasteiger partial charge is 0.370 e. The Labute approximate surface area is 121 Å². The van der Waals surface area contributed by atoms with Crippen molar-refractivity contribution < 1.29 is 0 Å². The number of benzene rings is 1. The minimum atomic E-state index is 0.0587. The van der Waals surface area contributed by atoms with Gasteiger partial charge >= 0.3 is 0 Å². The quantitative estimate of drug-likeness (QED) is 0.621. The van der Waals surface area contributed by atoms with E-state index in [0.29, 0.717) is 12.5 Å². The van der Waals surface area contributed by atoms with Gasteiger partial charge in [-0.1, -0.05) is 44.5 Å². The first-order chi connectivity index (χ1) is 8.93. The molecule has 0 aliphatic heterocycles. The summed E-state index contributed by atoms with van der Waals surface area (Å²) in [5.41, 5.74) is 7.09. The average Bonchev–Trinajstić information content (AvgIpc) is 2.33. The van der Waals surface area contributed by atoms with E-state index < -0.39 is 0 Å². The Morgan fingerprint density at radius 1 is 1.42 bits per heavy atom. The van der Waals surface area contributed by atoms with Gasteiger partial charge in [-0.3, -0.25) is 4.99 Å². The third kappa shape index (κ3) is 6.48.